The molecule has 0 unspecified atom stereocenters. The molecule has 4 nitrogen and oxygen atoms in total. The van der Waals surface area contributed by atoms with Gasteiger partial charge in [0.15, 0.2) is 0 Å². The second-order valence-electron chi connectivity index (χ2n) is 13.6. The zero-order valence-electron chi connectivity index (χ0n) is 27.0. The lowest BCUT2D eigenvalue weighted by Crippen LogP contribution is -2.32. The van der Waals surface area contributed by atoms with Gasteiger partial charge in [-0.05, 0) is 141 Å². The molecule has 0 spiro atoms. The Morgan fingerprint density at radius 3 is 1.14 bits per heavy atom. The van der Waals surface area contributed by atoms with E-state index in [1.165, 1.54) is 47.9 Å². The summed E-state index contributed by atoms with van der Waals surface area (Å²) in [6.07, 6.45) is 9.34. The summed E-state index contributed by atoms with van der Waals surface area (Å²) in [6.45, 7) is 10.2. The van der Waals surface area contributed by atoms with Gasteiger partial charge in [-0.2, -0.15) is 0 Å². The molecule has 4 N–H and O–H groups in total. The fourth-order valence-corrected chi connectivity index (χ4v) is 7.75. The summed E-state index contributed by atoms with van der Waals surface area (Å²) in [5.41, 5.74) is 8.91. The van der Waals surface area contributed by atoms with Crippen LogP contribution in [0.4, 0.5) is 0 Å². The molecule has 4 aromatic rings. The number of aromatic hydroxyl groups is 4. The van der Waals surface area contributed by atoms with E-state index in [9.17, 15) is 20.4 Å². The molecule has 2 aliphatic rings. The van der Waals surface area contributed by atoms with Gasteiger partial charge in [-0.25, -0.2) is 0 Å². The van der Waals surface area contributed by atoms with Crippen LogP contribution in [-0.2, 0) is 10.8 Å². The second kappa shape index (κ2) is 12.6. The lowest BCUT2D eigenvalue weighted by Gasteiger charge is -2.40. The van der Waals surface area contributed by atoms with E-state index in [0.29, 0.717) is 23.0 Å². The van der Waals surface area contributed by atoms with Crippen molar-refractivity contribution in [2.24, 2.45) is 5.92 Å². The standard InChI is InChI=1S/C21H26O2.C19H22O2/c1-13-9-17(10-14(2)19(13)22)21(7-5-6-8-21)18-11-15(3)20(23)16(4)12-18;1-14-10-12-19(13-11-14,15-2-6-17(20)7-3-15)16-4-8-18(21)9-5-16/h9-12,22-23H,5-8H2,1-4H3;2-9,14,20-21H,10-13H2,1H3. The zero-order valence-corrected chi connectivity index (χ0v) is 27.0. The molecule has 6 rings (SSSR count). The molecule has 2 aliphatic carbocycles. The van der Waals surface area contributed by atoms with Crippen LogP contribution in [0.1, 0.15) is 103 Å². The second-order valence-corrected chi connectivity index (χ2v) is 13.6. The summed E-state index contributed by atoms with van der Waals surface area (Å²) in [5.74, 6) is 2.19. The van der Waals surface area contributed by atoms with E-state index < -0.39 is 0 Å². The smallest absolute Gasteiger partial charge is 0.121 e. The van der Waals surface area contributed by atoms with Gasteiger partial charge < -0.3 is 20.4 Å². The monoisotopic (exact) mass is 592 g/mol. The summed E-state index contributed by atoms with van der Waals surface area (Å²) in [4.78, 5) is 0. The Balaban J connectivity index is 0.000000175. The number of benzene rings is 4. The lowest BCUT2D eigenvalue weighted by atomic mass is 9.63. The minimum absolute atomic E-state index is 0.00639. The van der Waals surface area contributed by atoms with Gasteiger partial charge >= 0.3 is 0 Å². The third kappa shape index (κ3) is 6.04. The van der Waals surface area contributed by atoms with Gasteiger partial charge in [-0.1, -0.05) is 68.3 Å². The number of phenolic OH excluding ortho intramolecular Hbond substituents is 4. The highest BCUT2D eigenvalue weighted by Crippen LogP contribution is 2.49. The lowest BCUT2D eigenvalue weighted by molar-refractivity contribution is 0.280. The van der Waals surface area contributed by atoms with Crippen molar-refractivity contribution in [1.82, 2.24) is 0 Å². The Morgan fingerprint density at radius 1 is 0.477 bits per heavy atom. The average molecular weight is 593 g/mol. The average Bonchev–Trinajstić information content (AvgIpc) is 3.51. The number of aryl methyl sites for hydroxylation is 4. The molecule has 0 amide bonds. The van der Waals surface area contributed by atoms with E-state index in [-0.39, 0.29) is 10.8 Å². The third-order valence-corrected chi connectivity index (χ3v) is 10.5. The highest BCUT2D eigenvalue weighted by Gasteiger charge is 2.39. The molecule has 4 heteroatoms. The SMILES string of the molecule is CC1CCC(c2ccc(O)cc2)(c2ccc(O)cc2)CC1.Cc1cc(C2(c3cc(C)c(O)c(C)c3)CCCC2)cc(C)c1O. The normalized spacial score (nSPS) is 17.6. The molecule has 44 heavy (non-hydrogen) atoms. The van der Waals surface area contributed by atoms with Crippen molar-refractivity contribution in [1.29, 1.82) is 0 Å². The van der Waals surface area contributed by atoms with Crippen LogP contribution >= 0.6 is 0 Å². The van der Waals surface area contributed by atoms with E-state index in [0.717, 1.165) is 53.9 Å². The van der Waals surface area contributed by atoms with Crippen LogP contribution in [0.3, 0.4) is 0 Å². The molecular formula is C40H48O4. The van der Waals surface area contributed by atoms with Crippen molar-refractivity contribution in [3.8, 4) is 23.0 Å². The van der Waals surface area contributed by atoms with E-state index in [4.69, 9.17) is 0 Å². The molecule has 0 aliphatic heterocycles. The molecule has 232 valence electrons. The minimum atomic E-state index is 0.00639. The van der Waals surface area contributed by atoms with Crippen molar-refractivity contribution in [3.63, 3.8) is 0 Å². The molecule has 2 saturated carbocycles. The van der Waals surface area contributed by atoms with E-state index in [2.05, 4.69) is 31.2 Å². The van der Waals surface area contributed by atoms with Gasteiger partial charge in [0.1, 0.15) is 23.0 Å². The minimum Gasteiger partial charge on any atom is -0.508 e. The first kappa shape index (κ1) is 31.5. The molecule has 0 bridgehead atoms. The summed E-state index contributed by atoms with van der Waals surface area (Å²) >= 11 is 0. The number of rotatable bonds is 4. The summed E-state index contributed by atoms with van der Waals surface area (Å²) in [7, 11) is 0. The molecule has 0 heterocycles. The molecule has 0 atom stereocenters. The number of hydrogen-bond acceptors (Lipinski definition) is 4. The maximum Gasteiger partial charge on any atom is 0.121 e. The molecule has 2 fully saturated rings. The quantitative estimate of drug-likeness (QED) is 0.190. The first-order valence-electron chi connectivity index (χ1n) is 16.2. The van der Waals surface area contributed by atoms with Crippen LogP contribution in [0, 0.1) is 33.6 Å². The predicted molar refractivity (Wildman–Crippen MR) is 179 cm³/mol. The first-order valence-corrected chi connectivity index (χ1v) is 16.2. The zero-order chi connectivity index (χ0) is 31.6. The van der Waals surface area contributed by atoms with Gasteiger partial charge in [0.05, 0.1) is 0 Å². The number of hydrogen-bond donors (Lipinski definition) is 4. The molecular weight excluding hydrogens is 544 g/mol. The molecule has 0 saturated heterocycles. The Bertz CT molecular complexity index is 1430. The van der Waals surface area contributed by atoms with Gasteiger partial charge in [-0.15, -0.1) is 0 Å². The fraction of sp³-hybridized carbons (Fsp3) is 0.400. The Hall–Kier alpha value is -3.92. The highest BCUT2D eigenvalue weighted by molar-refractivity contribution is 5.52. The van der Waals surface area contributed by atoms with E-state index in [1.807, 2.05) is 52.0 Å². The van der Waals surface area contributed by atoms with Gasteiger partial charge in [0.2, 0.25) is 0 Å². The Labute approximate surface area is 263 Å². The van der Waals surface area contributed by atoms with Gasteiger partial charge in [0.25, 0.3) is 0 Å². The van der Waals surface area contributed by atoms with E-state index >= 15 is 0 Å². The highest BCUT2D eigenvalue weighted by atomic mass is 16.3. The van der Waals surface area contributed by atoms with Crippen LogP contribution < -0.4 is 0 Å². The molecule has 4 aromatic carbocycles. The van der Waals surface area contributed by atoms with Crippen LogP contribution in [0.5, 0.6) is 23.0 Å². The fourth-order valence-electron chi connectivity index (χ4n) is 7.75. The van der Waals surface area contributed by atoms with Crippen molar-refractivity contribution in [2.75, 3.05) is 0 Å². The maximum absolute atomic E-state index is 10.1. The molecule has 0 radical (unpaired) electrons. The summed E-state index contributed by atoms with van der Waals surface area (Å²) < 4.78 is 0. The van der Waals surface area contributed by atoms with Crippen LogP contribution in [0.25, 0.3) is 0 Å². The Kier molecular flexibility index (Phi) is 9.02. The van der Waals surface area contributed by atoms with Gasteiger partial charge in [0, 0.05) is 10.8 Å². The van der Waals surface area contributed by atoms with Crippen molar-refractivity contribution >= 4 is 0 Å². The maximum atomic E-state index is 10.1. The van der Waals surface area contributed by atoms with Crippen molar-refractivity contribution < 1.29 is 20.4 Å². The molecule has 0 aromatic heterocycles. The van der Waals surface area contributed by atoms with Crippen LogP contribution in [0.2, 0.25) is 0 Å². The number of phenols is 4. The first-order chi connectivity index (χ1) is 20.9. The topological polar surface area (TPSA) is 80.9 Å². The van der Waals surface area contributed by atoms with Crippen molar-refractivity contribution in [3.05, 3.63) is 117 Å². The summed E-state index contributed by atoms with van der Waals surface area (Å²) in [5, 5.41) is 39.3. The van der Waals surface area contributed by atoms with Crippen molar-refractivity contribution in [2.45, 2.75) is 96.8 Å². The van der Waals surface area contributed by atoms with Crippen LogP contribution in [0.15, 0.2) is 72.8 Å². The van der Waals surface area contributed by atoms with Gasteiger partial charge in [-0.3, -0.25) is 0 Å². The predicted octanol–water partition coefficient (Wildman–Crippen LogP) is 9.79. The van der Waals surface area contributed by atoms with Crippen LogP contribution in [-0.4, -0.2) is 20.4 Å². The third-order valence-electron chi connectivity index (χ3n) is 10.5. The summed E-state index contributed by atoms with van der Waals surface area (Å²) in [6, 6.07) is 23.8. The van der Waals surface area contributed by atoms with E-state index in [1.54, 1.807) is 24.3 Å². The largest absolute Gasteiger partial charge is 0.508 e. The Morgan fingerprint density at radius 2 is 0.795 bits per heavy atom.